The second kappa shape index (κ2) is 12.5. The van der Waals surface area contributed by atoms with Gasteiger partial charge in [0.25, 0.3) is 0 Å². The third kappa shape index (κ3) is 9.73. The number of carbonyl (C=O) groups is 2. The van der Waals surface area contributed by atoms with E-state index in [1.807, 2.05) is 55.5 Å². The van der Waals surface area contributed by atoms with Crippen LogP contribution < -0.4 is 4.74 Å². The Labute approximate surface area is 173 Å². The Morgan fingerprint density at radius 2 is 1.68 bits per heavy atom. The molecule has 0 amide bonds. The van der Waals surface area contributed by atoms with Crippen LogP contribution in [0.3, 0.4) is 0 Å². The van der Waals surface area contributed by atoms with Crippen molar-refractivity contribution in [3.8, 4) is 5.75 Å². The predicted octanol–water partition coefficient (Wildman–Crippen LogP) is 5.55. The Kier molecular flexibility index (Phi) is 10.4. The van der Waals surface area contributed by atoms with Gasteiger partial charge in [-0.3, -0.25) is 0 Å². The van der Waals surface area contributed by atoms with Crippen LogP contribution in [0.2, 0.25) is 0 Å². The van der Waals surface area contributed by atoms with E-state index in [0.717, 1.165) is 33.8 Å². The third-order valence-corrected chi connectivity index (χ3v) is 4.00. The number of rotatable bonds is 8. The molecule has 2 rings (SSSR count). The number of hydrogen-bond donors (Lipinski definition) is 2. The van der Waals surface area contributed by atoms with Crippen molar-refractivity contribution in [1.29, 1.82) is 0 Å². The van der Waals surface area contributed by atoms with Gasteiger partial charge in [-0.1, -0.05) is 60.1 Å². The number of aliphatic carboxylic acids is 2. The summed E-state index contributed by atoms with van der Waals surface area (Å²) in [4.78, 5) is 20.4. The lowest BCUT2D eigenvalue weighted by molar-refractivity contribution is -0.133. The highest BCUT2D eigenvalue weighted by molar-refractivity contribution is 9.10. The van der Waals surface area contributed by atoms with Crippen molar-refractivity contribution in [3.05, 3.63) is 82.4 Å². The van der Waals surface area contributed by atoms with Gasteiger partial charge < -0.3 is 14.9 Å². The van der Waals surface area contributed by atoms with Crippen LogP contribution in [0, 0.1) is 0 Å². The lowest BCUT2D eigenvalue weighted by atomic mass is 10.2. The van der Waals surface area contributed by atoms with E-state index in [4.69, 9.17) is 14.9 Å². The molecule has 0 saturated heterocycles. The molecule has 2 N–H and O–H groups in total. The van der Waals surface area contributed by atoms with Gasteiger partial charge >= 0.3 is 11.9 Å². The average molecular weight is 447 g/mol. The van der Waals surface area contributed by atoms with Gasteiger partial charge in [0.1, 0.15) is 12.4 Å². The highest BCUT2D eigenvalue weighted by Gasteiger charge is 1.99. The standard InChI is InChI=1S/C16H13BrO3.C6H10O2/c17-14-6-1-13(2-7-14)11-20-15-8-3-12(4-9-15)5-10-16(18)19;1-3-4-5(2)6(7)8/h1-10H,11H2,(H,18,19);2-4H2,1H3,(H,7,8). The molecule has 0 bridgehead atoms. The number of ether oxygens (including phenoxy) is 1. The molecular weight excluding hydrogens is 424 g/mol. The Morgan fingerprint density at radius 3 is 2.14 bits per heavy atom. The van der Waals surface area contributed by atoms with Crippen molar-refractivity contribution in [2.75, 3.05) is 0 Å². The minimum absolute atomic E-state index is 0.299. The molecule has 0 aliphatic rings. The van der Waals surface area contributed by atoms with Crippen LogP contribution in [0.5, 0.6) is 5.75 Å². The average Bonchev–Trinajstić information content (AvgIpc) is 2.67. The molecule has 0 unspecified atom stereocenters. The highest BCUT2D eigenvalue weighted by Crippen LogP contribution is 2.16. The molecule has 0 aromatic heterocycles. The fourth-order valence-electron chi connectivity index (χ4n) is 2.00. The molecule has 28 heavy (non-hydrogen) atoms. The molecule has 0 saturated carbocycles. The number of carboxylic acid groups (broad SMARTS) is 2. The second-order valence-electron chi connectivity index (χ2n) is 5.81. The van der Waals surface area contributed by atoms with Crippen molar-refractivity contribution in [1.82, 2.24) is 0 Å². The highest BCUT2D eigenvalue weighted by atomic mass is 79.9. The van der Waals surface area contributed by atoms with Crippen molar-refractivity contribution in [3.63, 3.8) is 0 Å². The molecular formula is C22H23BrO5. The van der Waals surface area contributed by atoms with Crippen LogP contribution >= 0.6 is 15.9 Å². The Bertz CT molecular complexity index is 808. The summed E-state index contributed by atoms with van der Waals surface area (Å²) in [6.07, 6.45) is 4.10. The molecule has 0 spiro atoms. The number of benzene rings is 2. The number of carboxylic acids is 2. The van der Waals surface area contributed by atoms with Crippen LogP contribution in [0.4, 0.5) is 0 Å². The van der Waals surface area contributed by atoms with Crippen LogP contribution in [-0.4, -0.2) is 22.2 Å². The molecule has 0 heterocycles. The maximum absolute atomic E-state index is 10.4. The fourth-order valence-corrected chi connectivity index (χ4v) is 2.26. The number of hydrogen-bond acceptors (Lipinski definition) is 3. The first-order valence-electron chi connectivity index (χ1n) is 8.61. The van der Waals surface area contributed by atoms with E-state index in [2.05, 4.69) is 22.5 Å². The molecule has 2 aromatic rings. The first-order chi connectivity index (χ1) is 13.3. The molecule has 5 nitrogen and oxygen atoms in total. The van der Waals surface area contributed by atoms with E-state index < -0.39 is 11.9 Å². The molecule has 0 aliphatic heterocycles. The van der Waals surface area contributed by atoms with Crippen molar-refractivity contribution in [2.45, 2.75) is 26.4 Å². The van der Waals surface area contributed by atoms with Gasteiger partial charge in [0.2, 0.25) is 0 Å². The molecule has 2 aromatic carbocycles. The zero-order chi connectivity index (χ0) is 20.9. The molecule has 0 fully saturated rings. The summed E-state index contributed by atoms with van der Waals surface area (Å²) in [5.74, 6) is -1.09. The molecule has 0 aliphatic carbocycles. The van der Waals surface area contributed by atoms with Gasteiger partial charge in [-0.2, -0.15) is 0 Å². The fraction of sp³-hybridized carbons (Fsp3) is 0.182. The molecule has 148 valence electrons. The summed E-state index contributed by atoms with van der Waals surface area (Å²) in [5, 5.41) is 16.8. The third-order valence-electron chi connectivity index (χ3n) is 3.47. The second-order valence-corrected chi connectivity index (χ2v) is 6.73. The van der Waals surface area contributed by atoms with E-state index in [9.17, 15) is 9.59 Å². The van der Waals surface area contributed by atoms with Crippen LogP contribution in [0.15, 0.2) is 71.2 Å². The monoisotopic (exact) mass is 446 g/mol. The molecule has 0 atom stereocenters. The zero-order valence-electron chi connectivity index (χ0n) is 15.6. The Hall–Kier alpha value is -2.86. The Morgan fingerprint density at radius 1 is 1.07 bits per heavy atom. The normalized spacial score (nSPS) is 10.1. The first kappa shape index (κ1) is 23.2. The zero-order valence-corrected chi connectivity index (χ0v) is 17.2. The van der Waals surface area contributed by atoms with Crippen molar-refractivity contribution < 1.29 is 24.5 Å². The minimum atomic E-state index is -0.958. The van der Waals surface area contributed by atoms with E-state index in [-0.39, 0.29) is 0 Å². The largest absolute Gasteiger partial charge is 0.489 e. The lowest BCUT2D eigenvalue weighted by Gasteiger charge is -2.06. The Balaban J connectivity index is 0.000000416. The SMILES string of the molecule is C=C(CCC)C(=O)O.O=C(O)C=Cc1ccc(OCc2ccc(Br)cc2)cc1. The summed E-state index contributed by atoms with van der Waals surface area (Å²) in [5.41, 5.74) is 2.21. The van der Waals surface area contributed by atoms with Crippen molar-refractivity contribution >= 4 is 33.9 Å². The van der Waals surface area contributed by atoms with E-state index in [0.29, 0.717) is 18.6 Å². The molecule has 0 radical (unpaired) electrons. The van der Waals surface area contributed by atoms with Gasteiger partial charge in [0.15, 0.2) is 0 Å². The maximum Gasteiger partial charge on any atom is 0.330 e. The van der Waals surface area contributed by atoms with Gasteiger partial charge in [-0.25, -0.2) is 9.59 Å². The maximum atomic E-state index is 10.4. The van der Waals surface area contributed by atoms with Crippen molar-refractivity contribution in [2.24, 2.45) is 0 Å². The summed E-state index contributed by atoms with van der Waals surface area (Å²) in [6.45, 7) is 5.77. The molecule has 6 heteroatoms. The van der Waals surface area contributed by atoms with Gasteiger partial charge in [0.05, 0.1) is 0 Å². The summed E-state index contributed by atoms with van der Waals surface area (Å²) >= 11 is 3.39. The topological polar surface area (TPSA) is 83.8 Å². The quantitative estimate of drug-likeness (QED) is 0.518. The van der Waals surface area contributed by atoms with Gasteiger partial charge in [-0.15, -0.1) is 0 Å². The summed E-state index contributed by atoms with van der Waals surface area (Å²) in [7, 11) is 0. The van der Waals surface area contributed by atoms with Crippen LogP contribution in [0.25, 0.3) is 6.08 Å². The smallest absolute Gasteiger partial charge is 0.330 e. The first-order valence-corrected chi connectivity index (χ1v) is 9.40. The van der Waals surface area contributed by atoms with Crippen LogP contribution in [-0.2, 0) is 16.2 Å². The summed E-state index contributed by atoms with van der Waals surface area (Å²) in [6, 6.07) is 15.2. The minimum Gasteiger partial charge on any atom is -0.489 e. The van der Waals surface area contributed by atoms with Gasteiger partial charge in [0, 0.05) is 16.1 Å². The number of halogens is 1. The summed E-state index contributed by atoms with van der Waals surface area (Å²) < 4.78 is 6.69. The van der Waals surface area contributed by atoms with Crippen LogP contribution in [0.1, 0.15) is 30.9 Å². The van der Waals surface area contributed by atoms with Gasteiger partial charge in [-0.05, 0) is 47.9 Å². The van der Waals surface area contributed by atoms with E-state index >= 15 is 0 Å². The lowest BCUT2D eigenvalue weighted by Crippen LogP contribution is -1.97. The van der Waals surface area contributed by atoms with E-state index in [1.54, 1.807) is 6.08 Å². The van der Waals surface area contributed by atoms with E-state index in [1.165, 1.54) is 0 Å². The predicted molar refractivity (Wildman–Crippen MR) is 113 cm³/mol.